The molecule has 0 spiro atoms. The van der Waals surface area contributed by atoms with Gasteiger partial charge < -0.3 is 5.73 Å². The summed E-state index contributed by atoms with van der Waals surface area (Å²) >= 11 is 0. The summed E-state index contributed by atoms with van der Waals surface area (Å²) in [6.45, 7) is 2.99. The largest absolute Gasteiger partial charge is 0.384 e. The van der Waals surface area contributed by atoms with Crippen molar-refractivity contribution in [1.29, 1.82) is 0 Å². The van der Waals surface area contributed by atoms with Gasteiger partial charge in [-0.05, 0) is 22.8 Å². The molecule has 1 aliphatic rings. The van der Waals surface area contributed by atoms with E-state index in [0.29, 0.717) is 5.82 Å². The fourth-order valence-corrected chi connectivity index (χ4v) is 2.30. The molecule has 1 aromatic heterocycles. The molecule has 2 heterocycles. The van der Waals surface area contributed by atoms with Crippen molar-refractivity contribution in [3.05, 3.63) is 59.3 Å². The first kappa shape index (κ1) is 10.3. The Morgan fingerprint density at radius 3 is 2.35 bits per heavy atom. The number of fused-ring (bicyclic) bond motifs is 1. The van der Waals surface area contributed by atoms with Crippen molar-refractivity contribution >= 4 is 5.82 Å². The van der Waals surface area contributed by atoms with Crippen LogP contribution in [-0.4, -0.2) is 9.88 Å². The van der Waals surface area contributed by atoms with E-state index >= 15 is 0 Å². The Kier molecular flexibility index (Phi) is 2.53. The number of nitrogens with zero attached hydrogens (tertiary/aromatic N) is 2. The fraction of sp³-hybridized carbons (Fsp3) is 0.214. The standard InChI is InChI=1S/C14H15N3/c15-14-6-5-11(7-16-14)8-17-9-12-3-1-2-4-13(12)10-17/h1-7H,8-10H2,(H2,15,16). The van der Waals surface area contributed by atoms with Crippen LogP contribution in [0.15, 0.2) is 42.6 Å². The Morgan fingerprint density at radius 1 is 1.06 bits per heavy atom. The Hall–Kier alpha value is -1.87. The maximum Gasteiger partial charge on any atom is 0.123 e. The van der Waals surface area contributed by atoms with E-state index in [1.807, 2.05) is 18.3 Å². The predicted molar refractivity (Wildman–Crippen MR) is 68.0 cm³/mol. The zero-order chi connectivity index (χ0) is 11.7. The molecule has 0 radical (unpaired) electrons. The molecule has 3 rings (SSSR count). The molecule has 2 N–H and O–H groups in total. The third-order valence-electron chi connectivity index (χ3n) is 3.16. The zero-order valence-electron chi connectivity index (χ0n) is 9.63. The van der Waals surface area contributed by atoms with Gasteiger partial charge in [0, 0.05) is 25.8 Å². The minimum absolute atomic E-state index is 0.582. The van der Waals surface area contributed by atoms with Crippen LogP contribution in [0.5, 0.6) is 0 Å². The topological polar surface area (TPSA) is 42.1 Å². The zero-order valence-corrected chi connectivity index (χ0v) is 9.63. The lowest BCUT2D eigenvalue weighted by atomic mass is 10.1. The number of pyridine rings is 1. The summed E-state index contributed by atoms with van der Waals surface area (Å²) in [5.74, 6) is 0.582. The fourth-order valence-electron chi connectivity index (χ4n) is 2.30. The van der Waals surface area contributed by atoms with E-state index in [9.17, 15) is 0 Å². The second-order valence-corrected chi connectivity index (χ2v) is 4.51. The van der Waals surface area contributed by atoms with Crippen LogP contribution < -0.4 is 5.73 Å². The Bertz CT molecular complexity index is 494. The molecule has 0 unspecified atom stereocenters. The minimum Gasteiger partial charge on any atom is -0.384 e. The van der Waals surface area contributed by atoms with Gasteiger partial charge in [0.2, 0.25) is 0 Å². The van der Waals surface area contributed by atoms with Crippen LogP contribution >= 0.6 is 0 Å². The summed E-state index contributed by atoms with van der Waals surface area (Å²) in [4.78, 5) is 6.54. The van der Waals surface area contributed by atoms with E-state index in [1.165, 1.54) is 16.7 Å². The monoisotopic (exact) mass is 225 g/mol. The van der Waals surface area contributed by atoms with E-state index in [-0.39, 0.29) is 0 Å². The summed E-state index contributed by atoms with van der Waals surface area (Å²) in [6.07, 6.45) is 1.86. The third kappa shape index (κ3) is 2.15. The first-order valence-electron chi connectivity index (χ1n) is 5.81. The average molecular weight is 225 g/mol. The number of benzene rings is 1. The molecule has 0 saturated carbocycles. The lowest BCUT2D eigenvalue weighted by Gasteiger charge is -2.14. The third-order valence-corrected chi connectivity index (χ3v) is 3.16. The Balaban J connectivity index is 1.71. The second-order valence-electron chi connectivity index (χ2n) is 4.51. The van der Waals surface area contributed by atoms with E-state index < -0.39 is 0 Å². The van der Waals surface area contributed by atoms with E-state index in [0.717, 1.165) is 19.6 Å². The van der Waals surface area contributed by atoms with Gasteiger partial charge in [-0.15, -0.1) is 0 Å². The van der Waals surface area contributed by atoms with Gasteiger partial charge >= 0.3 is 0 Å². The summed E-state index contributed by atoms with van der Waals surface area (Å²) in [5, 5.41) is 0. The van der Waals surface area contributed by atoms with E-state index in [4.69, 9.17) is 5.73 Å². The van der Waals surface area contributed by atoms with Crippen molar-refractivity contribution in [2.45, 2.75) is 19.6 Å². The molecular formula is C14H15N3. The number of hydrogen-bond acceptors (Lipinski definition) is 3. The predicted octanol–water partition coefficient (Wildman–Crippen LogP) is 2.18. The number of hydrogen-bond donors (Lipinski definition) is 1. The molecule has 0 bridgehead atoms. The van der Waals surface area contributed by atoms with Gasteiger partial charge in [0.15, 0.2) is 0 Å². The molecular weight excluding hydrogens is 210 g/mol. The normalized spacial score (nSPS) is 14.8. The molecule has 0 atom stereocenters. The van der Waals surface area contributed by atoms with Crippen molar-refractivity contribution in [2.75, 3.05) is 5.73 Å². The summed E-state index contributed by atoms with van der Waals surface area (Å²) in [7, 11) is 0. The highest BCUT2D eigenvalue weighted by Gasteiger charge is 2.17. The van der Waals surface area contributed by atoms with Crippen molar-refractivity contribution in [3.8, 4) is 0 Å². The molecule has 0 saturated heterocycles. The van der Waals surface area contributed by atoms with Crippen LogP contribution in [-0.2, 0) is 19.6 Å². The maximum atomic E-state index is 5.58. The number of anilines is 1. The SMILES string of the molecule is Nc1ccc(CN2Cc3ccccc3C2)cn1. The van der Waals surface area contributed by atoms with Gasteiger partial charge in [0.1, 0.15) is 5.82 Å². The molecule has 1 aliphatic heterocycles. The van der Waals surface area contributed by atoms with Crippen molar-refractivity contribution in [3.63, 3.8) is 0 Å². The lowest BCUT2D eigenvalue weighted by molar-refractivity contribution is 0.275. The highest BCUT2D eigenvalue weighted by atomic mass is 15.1. The number of nitrogen functional groups attached to an aromatic ring is 1. The summed E-state index contributed by atoms with van der Waals surface area (Å²) < 4.78 is 0. The van der Waals surface area contributed by atoms with Gasteiger partial charge in [0.25, 0.3) is 0 Å². The van der Waals surface area contributed by atoms with Gasteiger partial charge in [-0.2, -0.15) is 0 Å². The Labute approximate surface area is 101 Å². The molecule has 0 amide bonds. The second kappa shape index (κ2) is 4.18. The quantitative estimate of drug-likeness (QED) is 0.851. The number of rotatable bonds is 2. The summed E-state index contributed by atoms with van der Waals surface area (Å²) in [6, 6.07) is 12.5. The van der Waals surface area contributed by atoms with Gasteiger partial charge in [-0.1, -0.05) is 30.3 Å². The first-order chi connectivity index (χ1) is 8.31. The van der Waals surface area contributed by atoms with Crippen LogP contribution in [0.1, 0.15) is 16.7 Å². The number of aromatic nitrogens is 1. The molecule has 17 heavy (non-hydrogen) atoms. The van der Waals surface area contributed by atoms with Crippen LogP contribution in [0.3, 0.4) is 0 Å². The number of nitrogens with two attached hydrogens (primary N) is 1. The van der Waals surface area contributed by atoms with E-state index in [1.54, 1.807) is 0 Å². The maximum absolute atomic E-state index is 5.58. The molecule has 0 aliphatic carbocycles. The Morgan fingerprint density at radius 2 is 1.76 bits per heavy atom. The van der Waals surface area contributed by atoms with E-state index in [2.05, 4.69) is 34.1 Å². The molecule has 0 fully saturated rings. The molecule has 3 nitrogen and oxygen atoms in total. The molecule has 2 aromatic rings. The highest BCUT2D eigenvalue weighted by molar-refractivity contribution is 5.32. The first-order valence-corrected chi connectivity index (χ1v) is 5.81. The van der Waals surface area contributed by atoms with Crippen LogP contribution in [0, 0.1) is 0 Å². The lowest BCUT2D eigenvalue weighted by Crippen LogP contribution is -2.15. The van der Waals surface area contributed by atoms with Gasteiger partial charge in [-0.3, -0.25) is 4.90 Å². The van der Waals surface area contributed by atoms with Crippen molar-refractivity contribution < 1.29 is 0 Å². The van der Waals surface area contributed by atoms with Crippen molar-refractivity contribution in [2.24, 2.45) is 0 Å². The van der Waals surface area contributed by atoms with Crippen LogP contribution in [0.4, 0.5) is 5.82 Å². The van der Waals surface area contributed by atoms with Gasteiger partial charge in [0.05, 0.1) is 0 Å². The van der Waals surface area contributed by atoms with Gasteiger partial charge in [-0.25, -0.2) is 4.98 Å². The molecule has 1 aromatic carbocycles. The van der Waals surface area contributed by atoms with Crippen molar-refractivity contribution in [1.82, 2.24) is 9.88 Å². The highest BCUT2D eigenvalue weighted by Crippen LogP contribution is 2.23. The minimum atomic E-state index is 0.582. The van der Waals surface area contributed by atoms with Crippen LogP contribution in [0.25, 0.3) is 0 Å². The summed E-state index contributed by atoms with van der Waals surface area (Å²) in [5.41, 5.74) is 9.68. The van der Waals surface area contributed by atoms with Crippen LogP contribution in [0.2, 0.25) is 0 Å². The molecule has 3 heteroatoms. The smallest absolute Gasteiger partial charge is 0.123 e. The average Bonchev–Trinajstić information content (AvgIpc) is 2.74. The molecule has 86 valence electrons.